The smallest absolute Gasteiger partial charge is 0.238 e. The second kappa shape index (κ2) is 5.96. The topological polar surface area (TPSA) is 55.1 Å². The number of primary amides is 1. The van der Waals surface area contributed by atoms with Gasteiger partial charge >= 0.3 is 0 Å². The van der Waals surface area contributed by atoms with Crippen molar-refractivity contribution < 1.29 is 4.79 Å². The molecule has 1 amide bonds. The third kappa shape index (κ3) is 2.73. The lowest BCUT2D eigenvalue weighted by Gasteiger charge is -2.38. The fourth-order valence-electron chi connectivity index (χ4n) is 3.70. The van der Waals surface area contributed by atoms with Crippen LogP contribution in [0.25, 0.3) is 0 Å². The minimum atomic E-state index is -0.552. The molecule has 3 heteroatoms. The van der Waals surface area contributed by atoms with E-state index >= 15 is 0 Å². The van der Waals surface area contributed by atoms with Gasteiger partial charge in [-0.1, -0.05) is 50.6 Å². The van der Waals surface area contributed by atoms with Gasteiger partial charge in [0.05, 0.1) is 0 Å². The van der Waals surface area contributed by atoms with E-state index in [1.807, 2.05) is 18.2 Å². The number of nitrogens with one attached hydrogen (secondary N) is 1. The van der Waals surface area contributed by atoms with Crippen LogP contribution in [-0.2, 0) is 4.79 Å². The second-order valence-corrected chi connectivity index (χ2v) is 6.36. The fraction of sp³-hybridized carbons (Fsp3) is 0.588. The Morgan fingerprint density at radius 3 is 2.50 bits per heavy atom. The molecule has 0 saturated heterocycles. The highest BCUT2D eigenvalue weighted by atomic mass is 16.1. The van der Waals surface area contributed by atoms with Crippen molar-refractivity contribution in [3.63, 3.8) is 0 Å². The Morgan fingerprint density at radius 1 is 1.30 bits per heavy atom. The fourth-order valence-corrected chi connectivity index (χ4v) is 3.70. The molecule has 0 radical (unpaired) electrons. The predicted molar refractivity (Wildman–Crippen MR) is 82.1 cm³/mol. The molecular weight excluding hydrogens is 248 g/mol. The molecule has 1 fully saturated rings. The normalized spacial score (nSPS) is 27.7. The summed E-state index contributed by atoms with van der Waals surface area (Å²) in [5.74, 6) is 0.586. The Hall–Kier alpha value is -1.35. The SMILES string of the molecule is CC(C)[C@@H]1CCC[C@@]1(N[C@@H](C)c1ccccc1)C(N)=O. The Balaban J connectivity index is 2.24. The van der Waals surface area contributed by atoms with Gasteiger partial charge in [0, 0.05) is 6.04 Å². The highest BCUT2D eigenvalue weighted by molar-refractivity contribution is 5.85. The Labute approximate surface area is 121 Å². The first-order chi connectivity index (χ1) is 9.47. The molecule has 1 aromatic carbocycles. The van der Waals surface area contributed by atoms with Gasteiger partial charge in [-0.2, -0.15) is 0 Å². The van der Waals surface area contributed by atoms with E-state index in [2.05, 4.69) is 38.2 Å². The van der Waals surface area contributed by atoms with E-state index in [1.165, 1.54) is 5.56 Å². The van der Waals surface area contributed by atoms with Crippen molar-refractivity contribution >= 4 is 5.91 Å². The molecule has 1 aromatic rings. The van der Waals surface area contributed by atoms with E-state index in [4.69, 9.17) is 5.73 Å². The van der Waals surface area contributed by atoms with Crippen LogP contribution in [0.4, 0.5) is 0 Å². The highest BCUT2D eigenvalue weighted by Crippen LogP contribution is 2.41. The van der Waals surface area contributed by atoms with Gasteiger partial charge in [0.2, 0.25) is 5.91 Å². The summed E-state index contributed by atoms with van der Waals surface area (Å²) in [7, 11) is 0. The number of rotatable bonds is 5. The molecule has 2 rings (SSSR count). The first kappa shape index (κ1) is 15.0. The molecule has 1 saturated carbocycles. The maximum absolute atomic E-state index is 12.2. The molecule has 0 aliphatic heterocycles. The largest absolute Gasteiger partial charge is 0.368 e. The zero-order valence-electron chi connectivity index (χ0n) is 12.7. The van der Waals surface area contributed by atoms with Crippen molar-refractivity contribution in [2.45, 2.75) is 51.6 Å². The van der Waals surface area contributed by atoms with E-state index in [9.17, 15) is 4.79 Å². The molecule has 3 N–H and O–H groups in total. The van der Waals surface area contributed by atoms with Crippen molar-refractivity contribution in [3.8, 4) is 0 Å². The summed E-state index contributed by atoms with van der Waals surface area (Å²) in [6.45, 7) is 6.47. The lowest BCUT2D eigenvalue weighted by molar-refractivity contribution is -0.127. The van der Waals surface area contributed by atoms with Gasteiger partial charge in [-0.15, -0.1) is 0 Å². The van der Waals surface area contributed by atoms with Gasteiger partial charge in [-0.25, -0.2) is 0 Å². The molecule has 0 bridgehead atoms. The Kier molecular flexibility index (Phi) is 4.48. The quantitative estimate of drug-likeness (QED) is 0.867. The van der Waals surface area contributed by atoms with E-state index in [0.717, 1.165) is 19.3 Å². The molecule has 0 aromatic heterocycles. The summed E-state index contributed by atoms with van der Waals surface area (Å²) in [6.07, 6.45) is 3.00. The van der Waals surface area contributed by atoms with Crippen LogP contribution in [0.2, 0.25) is 0 Å². The third-order valence-electron chi connectivity index (χ3n) is 4.74. The Morgan fingerprint density at radius 2 is 1.95 bits per heavy atom. The summed E-state index contributed by atoms with van der Waals surface area (Å²) in [4.78, 5) is 12.2. The molecular formula is C17H26N2O. The third-order valence-corrected chi connectivity index (χ3v) is 4.74. The zero-order chi connectivity index (χ0) is 14.8. The molecule has 3 nitrogen and oxygen atoms in total. The molecule has 110 valence electrons. The second-order valence-electron chi connectivity index (χ2n) is 6.36. The summed E-state index contributed by atoms with van der Waals surface area (Å²) in [5, 5.41) is 3.56. The van der Waals surface area contributed by atoms with Crippen molar-refractivity contribution in [2.75, 3.05) is 0 Å². The van der Waals surface area contributed by atoms with Crippen LogP contribution in [0.5, 0.6) is 0 Å². The number of hydrogen-bond acceptors (Lipinski definition) is 2. The van der Waals surface area contributed by atoms with Crippen LogP contribution in [0.1, 0.15) is 51.6 Å². The minimum absolute atomic E-state index is 0.128. The molecule has 20 heavy (non-hydrogen) atoms. The van der Waals surface area contributed by atoms with Gasteiger partial charge in [0.1, 0.15) is 5.54 Å². The number of hydrogen-bond donors (Lipinski definition) is 2. The molecule has 3 atom stereocenters. The number of amides is 1. The standard InChI is InChI=1S/C17H26N2O/c1-12(2)15-10-7-11-17(15,16(18)20)19-13(3)14-8-5-4-6-9-14/h4-6,8-9,12-13,15,19H,7,10-11H2,1-3H3,(H2,18,20)/t13-,15-,17-/m0/s1. The Bertz CT molecular complexity index is 457. The minimum Gasteiger partial charge on any atom is -0.368 e. The monoisotopic (exact) mass is 274 g/mol. The van der Waals surface area contributed by atoms with E-state index in [-0.39, 0.29) is 11.9 Å². The highest BCUT2D eigenvalue weighted by Gasteiger charge is 2.49. The van der Waals surface area contributed by atoms with E-state index in [0.29, 0.717) is 11.8 Å². The van der Waals surface area contributed by atoms with Crippen molar-refractivity contribution in [1.29, 1.82) is 0 Å². The van der Waals surface area contributed by atoms with E-state index in [1.54, 1.807) is 0 Å². The number of carbonyl (C=O) groups excluding carboxylic acids is 1. The summed E-state index contributed by atoms with van der Waals surface area (Å²) >= 11 is 0. The van der Waals surface area contributed by atoms with Gasteiger partial charge in [0.25, 0.3) is 0 Å². The lowest BCUT2D eigenvalue weighted by atomic mass is 9.78. The summed E-state index contributed by atoms with van der Waals surface area (Å²) in [6, 6.07) is 10.4. The molecule has 0 heterocycles. The van der Waals surface area contributed by atoms with Crippen LogP contribution in [0.3, 0.4) is 0 Å². The number of nitrogens with two attached hydrogens (primary N) is 1. The van der Waals surface area contributed by atoms with Crippen LogP contribution in [0, 0.1) is 11.8 Å². The van der Waals surface area contributed by atoms with Gasteiger partial charge in [-0.05, 0) is 37.2 Å². The maximum atomic E-state index is 12.2. The van der Waals surface area contributed by atoms with E-state index < -0.39 is 5.54 Å². The first-order valence-corrected chi connectivity index (χ1v) is 7.60. The van der Waals surface area contributed by atoms with Gasteiger partial charge < -0.3 is 5.73 Å². The lowest BCUT2D eigenvalue weighted by Crippen LogP contribution is -2.59. The van der Waals surface area contributed by atoms with Crippen LogP contribution >= 0.6 is 0 Å². The van der Waals surface area contributed by atoms with Crippen molar-refractivity contribution in [2.24, 2.45) is 17.6 Å². The maximum Gasteiger partial charge on any atom is 0.238 e. The first-order valence-electron chi connectivity index (χ1n) is 7.60. The molecule has 0 unspecified atom stereocenters. The summed E-state index contributed by atoms with van der Waals surface area (Å²) < 4.78 is 0. The van der Waals surface area contributed by atoms with Gasteiger partial charge in [0.15, 0.2) is 0 Å². The average Bonchev–Trinajstić information content (AvgIpc) is 2.85. The van der Waals surface area contributed by atoms with Crippen molar-refractivity contribution in [3.05, 3.63) is 35.9 Å². The molecule has 1 aliphatic rings. The van der Waals surface area contributed by atoms with Crippen LogP contribution in [-0.4, -0.2) is 11.4 Å². The van der Waals surface area contributed by atoms with Gasteiger partial charge in [-0.3, -0.25) is 10.1 Å². The van der Waals surface area contributed by atoms with Crippen LogP contribution in [0.15, 0.2) is 30.3 Å². The van der Waals surface area contributed by atoms with Crippen LogP contribution < -0.4 is 11.1 Å². The number of carbonyl (C=O) groups is 1. The molecule has 0 spiro atoms. The average molecular weight is 274 g/mol. The number of benzene rings is 1. The zero-order valence-corrected chi connectivity index (χ0v) is 12.7. The summed E-state index contributed by atoms with van der Waals surface area (Å²) in [5.41, 5.74) is 6.43. The molecule has 1 aliphatic carbocycles. The van der Waals surface area contributed by atoms with Crippen molar-refractivity contribution in [1.82, 2.24) is 5.32 Å². The predicted octanol–water partition coefficient (Wildman–Crippen LogP) is 3.02.